The number of ether oxygens (including phenoxy) is 1. The fourth-order valence-corrected chi connectivity index (χ4v) is 4.40. The number of nitro benzene ring substituents is 1. The summed E-state index contributed by atoms with van der Waals surface area (Å²) in [5, 5.41) is 10.8. The largest absolute Gasteiger partial charge is 0.467 e. The Morgan fingerprint density at radius 1 is 1.35 bits per heavy atom. The summed E-state index contributed by atoms with van der Waals surface area (Å²) >= 11 is 1.17. The van der Waals surface area contributed by atoms with Gasteiger partial charge in [0.2, 0.25) is 0 Å². The van der Waals surface area contributed by atoms with Crippen LogP contribution in [0.1, 0.15) is 31.2 Å². The van der Waals surface area contributed by atoms with Gasteiger partial charge in [-0.3, -0.25) is 19.5 Å². The minimum atomic E-state index is -0.802. The summed E-state index contributed by atoms with van der Waals surface area (Å²) in [6, 6.07) is 8.45. The highest BCUT2D eigenvalue weighted by molar-refractivity contribution is 7.07. The molecule has 0 saturated carbocycles. The zero-order valence-electron chi connectivity index (χ0n) is 16.6. The van der Waals surface area contributed by atoms with Crippen molar-refractivity contribution >= 4 is 29.1 Å². The van der Waals surface area contributed by atoms with Gasteiger partial charge in [0, 0.05) is 12.1 Å². The second-order valence-corrected chi connectivity index (χ2v) is 7.68. The first-order valence-electron chi connectivity index (χ1n) is 9.38. The van der Waals surface area contributed by atoms with Gasteiger partial charge in [-0.05, 0) is 49.8 Å². The predicted octanol–water partition coefficient (Wildman–Crippen LogP) is 2.30. The van der Waals surface area contributed by atoms with E-state index in [-0.39, 0.29) is 23.4 Å². The minimum absolute atomic E-state index is 0.0360. The number of hydrogen-bond donors (Lipinski definition) is 0. The van der Waals surface area contributed by atoms with E-state index in [0.29, 0.717) is 26.4 Å². The molecule has 0 saturated heterocycles. The fourth-order valence-electron chi connectivity index (χ4n) is 3.35. The quantitative estimate of drug-likeness (QED) is 0.342. The molecular formula is C21H17N3O6S. The fraction of sp³-hybridized carbons (Fsp3) is 0.190. The number of fused-ring (bicyclic) bond motifs is 1. The first-order chi connectivity index (χ1) is 14.9. The molecule has 9 nitrogen and oxygen atoms in total. The number of nitrogens with zero attached hydrogens (tertiary/aromatic N) is 3. The monoisotopic (exact) mass is 439 g/mol. The lowest BCUT2D eigenvalue weighted by Crippen LogP contribution is -2.39. The first-order valence-corrected chi connectivity index (χ1v) is 10.2. The van der Waals surface area contributed by atoms with Gasteiger partial charge in [-0.25, -0.2) is 9.79 Å². The normalized spacial score (nSPS) is 16.1. The van der Waals surface area contributed by atoms with Gasteiger partial charge < -0.3 is 9.15 Å². The number of aromatic nitrogens is 1. The van der Waals surface area contributed by atoms with Crippen LogP contribution in [0.5, 0.6) is 0 Å². The molecule has 31 heavy (non-hydrogen) atoms. The van der Waals surface area contributed by atoms with Crippen LogP contribution in [0.2, 0.25) is 0 Å². The second kappa shape index (κ2) is 8.15. The summed E-state index contributed by atoms with van der Waals surface area (Å²) < 4.78 is 12.5. The Balaban J connectivity index is 1.88. The standard InChI is InChI=1S/C21H17N3O6S/c1-3-29-20(26)17-12(2)22-21-23(18(17)15-5-4-10-30-15)19(25)16(31-21)11-13-6-8-14(9-7-13)24(27)28/h4-11,18H,3H2,1-2H3/b16-11-/t18-/m0/s1. The molecule has 0 amide bonds. The molecule has 0 spiro atoms. The molecule has 3 heterocycles. The minimum Gasteiger partial charge on any atom is -0.467 e. The van der Waals surface area contributed by atoms with Gasteiger partial charge >= 0.3 is 5.97 Å². The van der Waals surface area contributed by atoms with Gasteiger partial charge in [-0.15, -0.1) is 0 Å². The maximum absolute atomic E-state index is 13.3. The van der Waals surface area contributed by atoms with Crippen LogP contribution < -0.4 is 14.9 Å². The third-order valence-corrected chi connectivity index (χ3v) is 5.71. The molecule has 1 aromatic carbocycles. The van der Waals surface area contributed by atoms with Crippen LogP contribution in [0.3, 0.4) is 0 Å². The maximum atomic E-state index is 13.3. The molecule has 0 radical (unpaired) electrons. The third kappa shape index (κ3) is 3.73. The van der Waals surface area contributed by atoms with E-state index in [1.165, 1.54) is 34.3 Å². The van der Waals surface area contributed by atoms with E-state index < -0.39 is 16.9 Å². The first kappa shape index (κ1) is 20.5. The summed E-state index contributed by atoms with van der Waals surface area (Å²) in [4.78, 5) is 41.2. The molecular weight excluding hydrogens is 422 g/mol. The van der Waals surface area contributed by atoms with Gasteiger partial charge in [0.05, 0.1) is 33.6 Å². The van der Waals surface area contributed by atoms with Gasteiger partial charge in [0.25, 0.3) is 11.2 Å². The molecule has 2 aromatic heterocycles. The van der Waals surface area contributed by atoms with E-state index in [0.717, 1.165) is 0 Å². The van der Waals surface area contributed by atoms with Crippen LogP contribution in [0.25, 0.3) is 6.08 Å². The van der Waals surface area contributed by atoms with Gasteiger partial charge in [-0.1, -0.05) is 11.3 Å². The van der Waals surface area contributed by atoms with Gasteiger partial charge in [0.15, 0.2) is 4.80 Å². The van der Waals surface area contributed by atoms with Crippen molar-refractivity contribution in [2.45, 2.75) is 19.9 Å². The molecule has 1 atom stereocenters. The molecule has 0 fully saturated rings. The Labute approximate surface area is 179 Å². The molecule has 0 N–H and O–H groups in total. The molecule has 10 heteroatoms. The molecule has 158 valence electrons. The molecule has 0 bridgehead atoms. The zero-order chi connectivity index (χ0) is 22.1. The Morgan fingerprint density at radius 2 is 2.10 bits per heavy atom. The molecule has 0 aliphatic carbocycles. The number of carbonyl (C=O) groups excluding carboxylic acids is 1. The maximum Gasteiger partial charge on any atom is 0.338 e. The number of thiazole rings is 1. The van der Waals surface area contributed by atoms with E-state index in [1.807, 2.05) is 0 Å². The Bertz CT molecular complexity index is 1360. The van der Waals surface area contributed by atoms with Crippen molar-refractivity contribution in [2.75, 3.05) is 6.61 Å². The van der Waals surface area contributed by atoms with Crippen LogP contribution in [-0.4, -0.2) is 22.1 Å². The topological polar surface area (TPSA) is 117 Å². The second-order valence-electron chi connectivity index (χ2n) is 6.67. The number of rotatable bonds is 5. The number of allylic oxidation sites excluding steroid dienone is 1. The molecule has 1 aliphatic rings. The number of furan rings is 1. The zero-order valence-corrected chi connectivity index (χ0v) is 17.4. The number of nitro groups is 1. The third-order valence-electron chi connectivity index (χ3n) is 4.73. The van der Waals surface area contributed by atoms with Crippen molar-refractivity contribution in [1.29, 1.82) is 0 Å². The summed E-state index contributed by atoms with van der Waals surface area (Å²) in [5.41, 5.74) is 0.935. The summed E-state index contributed by atoms with van der Waals surface area (Å²) in [6.07, 6.45) is 3.11. The van der Waals surface area contributed by atoms with E-state index in [9.17, 15) is 19.7 Å². The van der Waals surface area contributed by atoms with E-state index >= 15 is 0 Å². The number of benzene rings is 1. The summed E-state index contributed by atoms with van der Waals surface area (Å²) in [5.74, 6) is -0.143. The van der Waals surface area contributed by atoms with E-state index in [2.05, 4.69) is 4.99 Å². The highest BCUT2D eigenvalue weighted by atomic mass is 32.1. The van der Waals surface area contributed by atoms with E-state index in [1.54, 1.807) is 44.2 Å². The average molecular weight is 439 g/mol. The van der Waals surface area contributed by atoms with Crippen LogP contribution in [0.15, 0.2) is 68.1 Å². The van der Waals surface area contributed by atoms with Crippen molar-refractivity contribution < 1.29 is 18.9 Å². The number of carbonyl (C=O) groups is 1. The predicted molar refractivity (Wildman–Crippen MR) is 112 cm³/mol. The van der Waals surface area contributed by atoms with E-state index in [4.69, 9.17) is 9.15 Å². The van der Waals surface area contributed by atoms with Crippen molar-refractivity contribution in [2.24, 2.45) is 4.99 Å². The smallest absolute Gasteiger partial charge is 0.338 e. The Kier molecular flexibility index (Phi) is 5.38. The summed E-state index contributed by atoms with van der Waals surface area (Å²) in [6.45, 7) is 3.58. The van der Waals surface area contributed by atoms with Gasteiger partial charge in [-0.2, -0.15) is 0 Å². The van der Waals surface area contributed by atoms with Crippen molar-refractivity contribution in [3.05, 3.63) is 95.1 Å². The molecule has 1 aliphatic heterocycles. The Hall–Kier alpha value is -3.79. The SMILES string of the molecule is CCOC(=O)C1=C(C)N=c2s/c(=C\c3ccc([N+](=O)[O-])cc3)c(=O)n2[C@H]1c1ccco1. The highest BCUT2D eigenvalue weighted by Gasteiger charge is 2.34. The van der Waals surface area contributed by atoms with Crippen LogP contribution in [-0.2, 0) is 9.53 Å². The average Bonchev–Trinajstić information content (AvgIpc) is 3.36. The van der Waals surface area contributed by atoms with Crippen molar-refractivity contribution in [3.63, 3.8) is 0 Å². The number of hydrogen-bond acceptors (Lipinski definition) is 8. The van der Waals surface area contributed by atoms with Crippen molar-refractivity contribution in [3.8, 4) is 0 Å². The van der Waals surface area contributed by atoms with Crippen LogP contribution in [0.4, 0.5) is 5.69 Å². The van der Waals surface area contributed by atoms with Gasteiger partial charge in [0.1, 0.15) is 11.8 Å². The Morgan fingerprint density at radius 3 is 2.71 bits per heavy atom. The molecule has 0 unspecified atom stereocenters. The van der Waals surface area contributed by atoms with Crippen molar-refractivity contribution in [1.82, 2.24) is 4.57 Å². The lowest BCUT2D eigenvalue weighted by Gasteiger charge is -2.22. The van der Waals surface area contributed by atoms with Crippen LogP contribution >= 0.6 is 11.3 Å². The molecule has 4 rings (SSSR count). The number of esters is 1. The number of non-ortho nitro benzene ring substituents is 1. The lowest BCUT2D eigenvalue weighted by atomic mass is 10.0. The van der Waals surface area contributed by atoms with Crippen LogP contribution in [0, 0.1) is 10.1 Å². The molecule has 3 aromatic rings. The summed E-state index contributed by atoms with van der Waals surface area (Å²) in [7, 11) is 0. The highest BCUT2D eigenvalue weighted by Crippen LogP contribution is 2.30. The lowest BCUT2D eigenvalue weighted by molar-refractivity contribution is -0.384.